The van der Waals surface area contributed by atoms with E-state index in [-0.39, 0.29) is 17.5 Å². The van der Waals surface area contributed by atoms with Gasteiger partial charge in [-0.2, -0.15) is 0 Å². The maximum atomic E-state index is 12.5. The third kappa shape index (κ3) is 4.52. The number of non-ortho nitro benzene ring substituents is 1. The van der Waals surface area contributed by atoms with E-state index in [2.05, 4.69) is 26.2 Å². The maximum Gasteiger partial charge on any atom is 0.273 e. The fourth-order valence-electron chi connectivity index (χ4n) is 3.05. The van der Waals surface area contributed by atoms with Crippen molar-refractivity contribution >= 4 is 50.4 Å². The number of methoxy groups -OCH3 is 1. The van der Waals surface area contributed by atoms with Crippen molar-refractivity contribution < 1.29 is 18.9 Å². The lowest BCUT2D eigenvalue weighted by Crippen LogP contribution is -2.08. The second-order valence-corrected chi connectivity index (χ2v) is 7.54. The molecule has 0 aliphatic carbocycles. The number of nitro benzene ring substituents is 1. The van der Waals surface area contributed by atoms with Gasteiger partial charge >= 0.3 is 0 Å². The number of benzene rings is 3. The van der Waals surface area contributed by atoms with Gasteiger partial charge in [0.1, 0.15) is 11.3 Å². The Morgan fingerprint density at radius 3 is 2.75 bits per heavy atom. The molecule has 0 aliphatic rings. The quantitative estimate of drug-likeness (QED) is 0.205. The number of carbonyl (C=O) groups is 1. The van der Waals surface area contributed by atoms with Crippen LogP contribution in [0.3, 0.4) is 0 Å². The van der Waals surface area contributed by atoms with Crippen molar-refractivity contribution in [3.63, 3.8) is 0 Å². The summed E-state index contributed by atoms with van der Waals surface area (Å²) in [6.45, 7) is 0. The van der Waals surface area contributed by atoms with Crippen LogP contribution in [-0.4, -0.2) is 22.9 Å². The number of oxazole rings is 1. The first kappa shape index (κ1) is 21.3. The number of nitrogens with zero attached hydrogens (tertiary/aromatic N) is 2. The zero-order valence-corrected chi connectivity index (χ0v) is 18.3. The number of nitrogens with one attached hydrogen (secondary N) is 1. The maximum absolute atomic E-state index is 12.5. The third-order valence-electron chi connectivity index (χ3n) is 4.60. The molecule has 160 valence electrons. The molecule has 0 aliphatic heterocycles. The van der Waals surface area contributed by atoms with Gasteiger partial charge in [0, 0.05) is 12.1 Å². The largest absolute Gasteiger partial charge is 0.496 e. The van der Waals surface area contributed by atoms with Crippen LogP contribution in [0.25, 0.3) is 28.6 Å². The summed E-state index contributed by atoms with van der Waals surface area (Å²) in [7, 11) is 1.58. The highest BCUT2D eigenvalue weighted by atomic mass is 79.9. The van der Waals surface area contributed by atoms with Crippen molar-refractivity contribution in [2.75, 3.05) is 12.4 Å². The molecule has 0 saturated heterocycles. The zero-order valence-electron chi connectivity index (χ0n) is 16.7. The molecule has 1 aromatic heterocycles. The van der Waals surface area contributed by atoms with Crippen molar-refractivity contribution in [3.05, 3.63) is 86.9 Å². The predicted molar refractivity (Wildman–Crippen MR) is 124 cm³/mol. The molecule has 0 radical (unpaired) electrons. The molecule has 9 heteroatoms. The van der Waals surface area contributed by atoms with Crippen LogP contribution in [0.5, 0.6) is 5.75 Å². The molecule has 1 N–H and O–H groups in total. The first-order chi connectivity index (χ1) is 15.4. The molecule has 0 saturated carbocycles. The van der Waals surface area contributed by atoms with Crippen molar-refractivity contribution in [2.24, 2.45) is 0 Å². The monoisotopic (exact) mass is 493 g/mol. The van der Waals surface area contributed by atoms with Gasteiger partial charge in [0.25, 0.3) is 5.69 Å². The number of rotatable bonds is 6. The minimum atomic E-state index is -0.497. The summed E-state index contributed by atoms with van der Waals surface area (Å²) < 4.78 is 11.7. The van der Waals surface area contributed by atoms with Gasteiger partial charge < -0.3 is 14.5 Å². The summed E-state index contributed by atoms with van der Waals surface area (Å²) in [4.78, 5) is 27.4. The standard InChI is InChI=1S/C23H16BrN3O5/c1-31-20-10-6-14(12-17(20)24)7-11-22(28)25-18-5-3-2-4-16(18)23-26-19-9-8-15(27(29)30)13-21(19)32-23/h2-13H,1H3,(H,25,28). The molecule has 3 aromatic carbocycles. The van der Waals surface area contributed by atoms with Gasteiger partial charge in [0.05, 0.1) is 33.8 Å². The van der Waals surface area contributed by atoms with Crippen LogP contribution in [0, 0.1) is 10.1 Å². The van der Waals surface area contributed by atoms with Gasteiger partial charge in [-0.3, -0.25) is 14.9 Å². The fraction of sp³-hybridized carbons (Fsp3) is 0.0435. The Kier molecular flexibility index (Phi) is 6.00. The first-order valence-corrected chi connectivity index (χ1v) is 10.2. The Morgan fingerprint density at radius 1 is 1.19 bits per heavy atom. The molecule has 0 fully saturated rings. The van der Waals surface area contributed by atoms with E-state index in [1.54, 1.807) is 43.5 Å². The normalized spacial score (nSPS) is 11.1. The van der Waals surface area contributed by atoms with Crippen LogP contribution in [0.4, 0.5) is 11.4 Å². The van der Waals surface area contributed by atoms with Crippen LogP contribution in [0.1, 0.15) is 5.56 Å². The van der Waals surface area contributed by atoms with Crippen molar-refractivity contribution in [1.29, 1.82) is 0 Å². The van der Waals surface area contributed by atoms with E-state index >= 15 is 0 Å². The van der Waals surface area contributed by atoms with E-state index in [0.29, 0.717) is 28.1 Å². The Labute approximate surface area is 190 Å². The highest BCUT2D eigenvalue weighted by Gasteiger charge is 2.15. The highest BCUT2D eigenvalue weighted by Crippen LogP contribution is 2.31. The summed E-state index contributed by atoms with van der Waals surface area (Å²) in [5, 5.41) is 13.8. The molecule has 4 rings (SSSR count). The molecule has 0 spiro atoms. The first-order valence-electron chi connectivity index (χ1n) is 9.41. The Bertz CT molecular complexity index is 1360. The topological polar surface area (TPSA) is 108 Å². The second kappa shape index (κ2) is 9.03. The number of hydrogen-bond donors (Lipinski definition) is 1. The van der Waals surface area contributed by atoms with Crippen LogP contribution in [0.15, 0.2) is 75.6 Å². The van der Waals surface area contributed by atoms with E-state index in [9.17, 15) is 14.9 Å². The van der Waals surface area contributed by atoms with Crippen LogP contribution >= 0.6 is 15.9 Å². The van der Waals surface area contributed by atoms with E-state index in [4.69, 9.17) is 9.15 Å². The molecular formula is C23H16BrN3O5. The number of ether oxygens (including phenoxy) is 1. The summed E-state index contributed by atoms with van der Waals surface area (Å²) in [5.74, 6) is 0.611. The molecule has 1 heterocycles. The van der Waals surface area contributed by atoms with Gasteiger partial charge in [-0.25, -0.2) is 4.98 Å². The van der Waals surface area contributed by atoms with Crippen molar-refractivity contribution in [1.82, 2.24) is 4.98 Å². The molecular weight excluding hydrogens is 478 g/mol. The van der Waals surface area contributed by atoms with Gasteiger partial charge in [-0.05, 0) is 57.9 Å². The number of anilines is 1. The molecule has 0 unspecified atom stereocenters. The number of nitro groups is 1. The average molecular weight is 494 g/mol. The van der Waals surface area contributed by atoms with Gasteiger partial charge in [0.15, 0.2) is 5.58 Å². The summed E-state index contributed by atoms with van der Waals surface area (Å²) in [5.41, 5.74) is 2.56. The lowest BCUT2D eigenvalue weighted by Gasteiger charge is -2.07. The zero-order chi connectivity index (χ0) is 22.7. The number of amides is 1. The van der Waals surface area contributed by atoms with E-state index in [1.807, 2.05) is 12.1 Å². The minimum Gasteiger partial charge on any atom is -0.496 e. The highest BCUT2D eigenvalue weighted by molar-refractivity contribution is 9.10. The molecule has 1 amide bonds. The number of halogens is 1. The summed E-state index contributed by atoms with van der Waals surface area (Å²) >= 11 is 3.42. The van der Waals surface area contributed by atoms with Gasteiger partial charge in [-0.1, -0.05) is 18.2 Å². The summed E-state index contributed by atoms with van der Waals surface area (Å²) in [6.07, 6.45) is 3.10. The van der Waals surface area contributed by atoms with Crippen molar-refractivity contribution in [2.45, 2.75) is 0 Å². The smallest absolute Gasteiger partial charge is 0.273 e. The van der Waals surface area contributed by atoms with Crippen LogP contribution in [-0.2, 0) is 4.79 Å². The average Bonchev–Trinajstić information content (AvgIpc) is 3.21. The lowest BCUT2D eigenvalue weighted by molar-refractivity contribution is -0.384. The predicted octanol–water partition coefficient (Wildman–Crippen LogP) is 5.83. The van der Waals surface area contributed by atoms with Gasteiger partial charge in [-0.15, -0.1) is 0 Å². The lowest BCUT2D eigenvalue weighted by atomic mass is 10.1. The fourth-order valence-corrected chi connectivity index (χ4v) is 3.61. The SMILES string of the molecule is COc1ccc(C=CC(=O)Nc2ccccc2-c2nc3ccc([N+](=O)[O-])cc3o2)cc1Br. The number of para-hydroxylation sites is 1. The number of carbonyl (C=O) groups excluding carboxylic acids is 1. The third-order valence-corrected chi connectivity index (χ3v) is 5.22. The molecule has 4 aromatic rings. The molecule has 8 nitrogen and oxygen atoms in total. The van der Waals surface area contributed by atoms with Crippen LogP contribution < -0.4 is 10.1 Å². The molecule has 32 heavy (non-hydrogen) atoms. The Morgan fingerprint density at radius 2 is 2.00 bits per heavy atom. The van der Waals surface area contributed by atoms with E-state index in [0.717, 1.165) is 10.0 Å². The number of aromatic nitrogens is 1. The second-order valence-electron chi connectivity index (χ2n) is 6.69. The Balaban J connectivity index is 1.57. The Hall–Kier alpha value is -3.98. The van der Waals surface area contributed by atoms with E-state index in [1.165, 1.54) is 24.3 Å². The number of hydrogen-bond acceptors (Lipinski definition) is 6. The van der Waals surface area contributed by atoms with Crippen molar-refractivity contribution in [3.8, 4) is 17.2 Å². The summed E-state index contributed by atoms with van der Waals surface area (Å²) in [6, 6.07) is 16.7. The molecule has 0 bridgehead atoms. The minimum absolute atomic E-state index is 0.0860. The molecule has 0 atom stereocenters. The van der Waals surface area contributed by atoms with E-state index < -0.39 is 4.92 Å². The number of fused-ring (bicyclic) bond motifs is 1. The van der Waals surface area contributed by atoms with Gasteiger partial charge in [0.2, 0.25) is 11.8 Å². The van der Waals surface area contributed by atoms with Crippen LogP contribution in [0.2, 0.25) is 0 Å².